The SMILES string of the molecule is O=C(Cc1csc(Cc2ccccc2)n1)NCCc1ccccc1C(F)(F)F. The van der Waals surface area contributed by atoms with Crippen LogP contribution in [0.25, 0.3) is 0 Å². The van der Waals surface area contributed by atoms with Crippen LogP contribution in [-0.2, 0) is 30.2 Å². The number of carbonyl (C=O) groups is 1. The molecule has 0 aliphatic heterocycles. The summed E-state index contributed by atoms with van der Waals surface area (Å²) in [4.78, 5) is 16.6. The molecule has 146 valence electrons. The van der Waals surface area contributed by atoms with Crippen molar-refractivity contribution in [1.29, 1.82) is 0 Å². The van der Waals surface area contributed by atoms with E-state index in [1.54, 1.807) is 6.07 Å². The van der Waals surface area contributed by atoms with Gasteiger partial charge in [0, 0.05) is 18.3 Å². The molecule has 1 N–H and O–H groups in total. The van der Waals surface area contributed by atoms with Crippen LogP contribution in [0, 0.1) is 0 Å². The molecule has 0 bridgehead atoms. The molecule has 1 aromatic heterocycles. The molecular formula is C21H19F3N2OS. The highest BCUT2D eigenvalue weighted by molar-refractivity contribution is 7.09. The summed E-state index contributed by atoms with van der Waals surface area (Å²) in [7, 11) is 0. The second-order valence-electron chi connectivity index (χ2n) is 6.33. The lowest BCUT2D eigenvalue weighted by molar-refractivity contribution is -0.138. The molecule has 1 amide bonds. The van der Waals surface area contributed by atoms with Gasteiger partial charge in [-0.1, -0.05) is 48.5 Å². The Kier molecular flexibility index (Phi) is 6.46. The third-order valence-corrected chi connectivity index (χ3v) is 5.08. The molecular weight excluding hydrogens is 385 g/mol. The first-order valence-corrected chi connectivity index (χ1v) is 9.69. The molecule has 1 heterocycles. The molecule has 0 saturated carbocycles. The number of nitrogens with zero attached hydrogens (tertiary/aromatic N) is 1. The summed E-state index contributed by atoms with van der Waals surface area (Å²) in [5, 5.41) is 5.44. The van der Waals surface area contributed by atoms with Crippen LogP contribution in [0.2, 0.25) is 0 Å². The summed E-state index contributed by atoms with van der Waals surface area (Å²) >= 11 is 1.50. The highest BCUT2D eigenvalue weighted by Gasteiger charge is 2.32. The zero-order chi connectivity index (χ0) is 20.0. The van der Waals surface area contributed by atoms with Crippen molar-refractivity contribution in [3.05, 3.63) is 87.4 Å². The molecule has 2 aromatic carbocycles. The van der Waals surface area contributed by atoms with Crippen LogP contribution >= 0.6 is 11.3 Å². The van der Waals surface area contributed by atoms with E-state index in [2.05, 4.69) is 10.3 Å². The van der Waals surface area contributed by atoms with Crippen LogP contribution in [0.15, 0.2) is 60.0 Å². The topological polar surface area (TPSA) is 42.0 Å². The Morgan fingerprint density at radius 2 is 1.75 bits per heavy atom. The van der Waals surface area contributed by atoms with E-state index in [9.17, 15) is 18.0 Å². The third kappa shape index (κ3) is 5.66. The van der Waals surface area contributed by atoms with Crippen molar-refractivity contribution in [1.82, 2.24) is 10.3 Å². The molecule has 0 radical (unpaired) electrons. The monoisotopic (exact) mass is 404 g/mol. The number of amides is 1. The van der Waals surface area contributed by atoms with Crippen LogP contribution in [0.5, 0.6) is 0 Å². The molecule has 0 spiro atoms. The van der Waals surface area contributed by atoms with Crippen LogP contribution in [0.4, 0.5) is 13.2 Å². The molecule has 0 unspecified atom stereocenters. The number of halogens is 3. The number of thiazole rings is 1. The van der Waals surface area contributed by atoms with E-state index >= 15 is 0 Å². The average Bonchev–Trinajstić information content (AvgIpc) is 3.09. The maximum Gasteiger partial charge on any atom is 0.416 e. The maximum absolute atomic E-state index is 13.0. The summed E-state index contributed by atoms with van der Waals surface area (Å²) in [6.45, 7) is 0.146. The van der Waals surface area contributed by atoms with E-state index in [1.807, 2.05) is 35.7 Å². The summed E-state index contributed by atoms with van der Waals surface area (Å²) in [6.07, 6.45) is -3.44. The largest absolute Gasteiger partial charge is 0.416 e. The smallest absolute Gasteiger partial charge is 0.355 e. The Bertz CT molecular complexity index is 923. The van der Waals surface area contributed by atoms with Gasteiger partial charge in [-0.25, -0.2) is 4.98 Å². The predicted molar refractivity (Wildman–Crippen MR) is 103 cm³/mol. The van der Waals surface area contributed by atoms with Gasteiger partial charge < -0.3 is 5.32 Å². The van der Waals surface area contributed by atoms with Gasteiger partial charge in [-0.2, -0.15) is 13.2 Å². The number of benzene rings is 2. The number of hydrogen-bond donors (Lipinski definition) is 1. The lowest BCUT2D eigenvalue weighted by Crippen LogP contribution is -2.27. The fourth-order valence-electron chi connectivity index (χ4n) is 2.86. The Labute approximate surface area is 165 Å². The van der Waals surface area contributed by atoms with Gasteiger partial charge in [-0.15, -0.1) is 11.3 Å². The van der Waals surface area contributed by atoms with E-state index in [0.29, 0.717) is 12.1 Å². The summed E-state index contributed by atoms with van der Waals surface area (Å²) < 4.78 is 39.0. The van der Waals surface area contributed by atoms with E-state index in [4.69, 9.17) is 0 Å². The van der Waals surface area contributed by atoms with E-state index in [1.165, 1.54) is 23.5 Å². The molecule has 7 heteroatoms. The number of nitrogens with one attached hydrogen (secondary N) is 1. The van der Waals surface area contributed by atoms with Gasteiger partial charge in [0.1, 0.15) is 0 Å². The number of rotatable bonds is 7. The maximum atomic E-state index is 13.0. The van der Waals surface area contributed by atoms with Crippen molar-refractivity contribution in [3.8, 4) is 0 Å². The van der Waals surface area contributed by atoms with Gasteiger partial charge in [-0.3, -0.25) is 4.79 Å². The van der Waals surface area contributed by atoms with Crippen molar-refractivity contribution >= 4 is 17.2 Å². The highest BCUT2D eigenvalue weighted by Crippen LogP contribution is 2.31. The Balaban J connectivity index is 1.49. The van der Waals surface area contributed by atoms with Gasteiger partial charge in [0.15, 0.2) is 0 Å². The Hall–Kier alpha value is -2.67. The number of aromatic nitrogens is 1. The quantitative estimate of drug-likeness (QED) is 0.623. The number of carbonyl (C=O) groups excluding carboxylic acids is 1. The van der Waals surface area contributed by atoms with E-state index < -0.39 is 11.7 Å². The first kappa shape index (κ1) is 20.1. The minimum absolute atomic E-state index is 0.117. The fraction of sp³-hybridized carbons (Fsp3) is 0.238. The first-order chi connectivity index (χ1) is 13.4. The van der Waals surface area contributed by atoms with Crippen molar-refractivity contribution in [2.45, 2.75) is 25.4 Å². The normalized spacial score (nSPS) is 11.4. The average molecular weight is 404 g/mol. The van der Waals surface area contributed by atoms with Gasteiger partial charge in [0.25, 0.3) is 0 Å². The molecule has 0 fully saturated rings. The zero-order valence-electron chi connectivity index (χ0n) is 15.0. The van der Waals surface area contributed by atoms with Crippen molar-refractivity contribution < 1.29 is 18.0 Å². The molecule has 3 nitrogen and oxygen atoms in total. The number of alkyl halides is 3. The molecule has 3 aromatic rings. The molecule has 0 aliphatic rings. The zero-order valence-corrected chi connectivity index (χ0v) is 15.8. The molecule has 0 aliphatic carbocycles. The molecule has 0 atom stereocenters. The van der Waals surface area contributed by atoms with Crippen LogP contribution in [0.1, 0.15) is 27.4 Å². The standard InChI is InChI=1S/C21H19F3N2OS/c22-21(23,24)18-9-5-4-8-16(18)10-11-25-19(27)13-17-14-28-20(26-17)12-15-6-2-1-3-7-15/h1-9,14H,10-13H2,(H,25,27). The lowest BCUT2D eigenvalue weighted by Gasteiger charge is -2.12. The fourth-order valence-corrected chi connectivity index (χ4v) is 3.69. The second-order valence-corrected chi connectivity index (χ2v) is 7.27. The third-order valence-electron chi connectivity index (χ3n) is 4.18. The van der Waals surface area contributed by atoms with Gasteiger partial charge in [-0.05, 0) is 23.6 Å². The Morgan fingerprint density at radius 1 is 1.04 bits per heavy atom. The van der Waals surface area contributed by atoms with Crippen LogP contribution in [-0.4, -0.2) is 17.4 Å². The van der Waals surface area contributed by atoms with Crippen molar-refractivity contribution in [2.75, 3.05) is 6.54 Å². The summed E-state index contributed by atoms with van der Waals surface area (Å²) in [5.74, 6) is -0.249. The minimum atomic E-state index is -4.39. The highest BCUT2D eigenvalue weighted by atomic mass is 32.1. The van der Waals surface area contributed by atoms with E-state index in [0.717, 1.165) is 16.6 Å². The van der Waals surface area contributed by atoms with E-state index in [-0.39, 0.29) is 30.9 Å². The van der Waals surface area contributed by atoms with Gasteiger partial charge in [0.05, 0.1) is 22.7 Å². The first-order valence-electron chi connectivity index (χ1n) is 8.81. The second kappa shape index (κ2) is 9.01. The van der Waals surface area contributed by atoms with Crippen molar-refractivity contribution in [2.24, 2.45) is 0 Å². The van der Waals surface area contributed by atoms with Crippen LogP contribution < -0.4 is 5.32 Å². The van der Waals surface area contributed by atoms with Gasteiger partial charge >= 0.3 is 6.18 Å². The minimum Gasteiger partial charge on any atom is -0.355 e. The summed E-state index contributed by atoms with van der Waals surface area (Å²) in [6, 6.07) is 15.3. The molecule has 28 heavy (non-hydrogen) atoms. The number of hydrogen-bond acceptors (Lipinski definition) is 3. The predicted octanol–water partition coefficient (Wildman–Crippen LogP) is 4.65. The van der Waals surface area contributed by atoms with Crippen molar-refractivity contribution in [3.63, 3.8) is 0 Å². The van der Waals surface area contributed by atoms with Gasteiger partial charge in [0.2, 0.25) is 5.91 Å². The molecule has 3 rings (SSSR count). The lowest BCUT2D eigenvalue weighted by atomic mass is 10.0. The molecule has 0 saturated heterocycles. The van der Waals surface area contributed by atoms with Crippen LogP contribution in [0.3, 0.4) is 0 Å². The summed E-state index contributed by atoms with van der Waals surface area (Å²) in [5.41, 5.74) is 1.34. The Morgan fingerprint density at radius 3 is 2.50 bits per heavy atom.